The Balaban J connectivity index is 1.86. The largest absolute Gasteiger partial charge is 0.523 e. The Morgan fingerprint density at radius 3 is 2.88 bits per heavy atom. The number of hydrogen-bond donors (Lipinski definition) is 1. The van der Waals surface area contributed by atoms with Gasteiger partial charge in [-0.15, -0.1) is 0 Å². The van der Waals surface area contributed by atoms with Crippen LogP contribution in [0.2, 0.25) is 0 Å². The van der Waals surface area contributed by atoms with Crippen molar-refractivity contribution in [3.05, 3.63) is 22.6 Å². The first kappa shape index (κ1) is 17.1. The zero-order valence-electron chi connectivity index (χ0n) is 11.8. The fraction of sp³-hybridized carbons (Fsp3) is 0.636. The monoisotopic (exact) mass is 372 g/mol. The van der Waals surface area contributed by atoms with Crippen molar-refractivity contribution in [1.29, 1.82) is 0 Å². The lowest BCUT2D eigenvalue weighted by molar-refractivity contribution is -0.131. The van der Waals surface area contributed by atoms with Gasteiger partial charge in [0.2, 0.25) is 0 Å². The number of ether oxygens (including phenoxy) is 2. The first-order valence-electron chi connectivity index (χ1n) is 6.58. The van der Waals surface area contributed by atoms with Crippen LogP contribution in [0, 0.1) is 0 Å². The van der Waals surface area contributed by atoms with E-state index >= 15 is 0 Å². The zero-order chi connectivity index (χ0) is 17.8. The number of fused-ring (bicyclic) bond motifs is 4. The number of halogens is 3. The van der Waals surface area contributed by atoms with Crippen LogP contribution in [0.4, 0.5) is 13.2 Å². The molecule has 3 rings (SSSR count). The van der Waals surface area contributed by atoms with Crippen LogP contribution in [-0.2, 0) is 19.0 Å². The van der Waals surface area contributed by atoms with Crippen molar-refractivity contribution in [2.75, 3.05) is 13.2 Å². The Hall–Kier alpha value is -1.70. The van der Waals surface area contributed by atoms with Crippen molar-refractivity contribution in [3.63, 3.8) is 0 Å². The molecule has 24 heavy (non-hydrogen) atoms. The summed E-state index contributed by atoms with van der Waals surface area (Å²) in [6.45, 7) is -1.65. The van der Waals surface area contributed by atoms with Crippen LogP contribution in [0.25, 0.3) is 0 Å². The lowest BCUT2D eigenvalue weighted by Gasteiger charge is -2.29. The van der Waals surface area contributed by atoms with Crippen LogP contribution in [0.5, 0.6) is 6.01 Å². The van der Waals surface area contributed by atoms with E-state index in [2.05, 4.69) is 9.17 Å². The highest BCUT2D eigenvalue weighted by atomic mass is 32.2. The first-order valence-corrected chi connectivity index (χ1v) is 7.98. The number of aliphatic hydroxyl groups is 1. The number of alkyl halides is 3. The summed E-state index contributed by atoms with van der Waals surface area (Å²) in [6, 6.07) is 0.957. The number of hydrogen-bond acceptors (Lipinski definition) is 8. The van der Waals surface area contributed by atoms with Crippen molar-refractivity contribution in [2.45, 2.75) is 29.9 Å². The zero-order valence-corrected chi connectivity index (χ0v) is 12.6. The highest BCUT2D eigenvalue weighted by molar-refractivity contribution is 7.87. The summed E-state index contributed by atoms with van der Waals surface area (Å²) in [4.78, 5) is 14.8. The topological polar surface area (TPSA) is 117 Å². The van der Waals surface area contributed by atoms with Gasteiger partial charge in [0.05, 0.1) is 6.10 Å². The maximum Gasteiger partial charge on any atom is 0.523 e. The molecule has 1 saturated heterocycles. The van der Waals surface area contributed by atoms with E-state index in [0.717, 1.165) is 6.07 Å². The third-order valence-electron chi connectivity index (χ3n) is 3.71. The molecule has 1 aromatic rings. The maximum absolute atomic E-state index is 12.4. The summed E-state index contributed by atoms with van der Waals surface area (Å²) in [5, 5.41) is 10.1. The molecule has 9 nitrogen and oxygen atoms in total. The summed E-state index contributed by atoms with van der Waals surface area (Å²) in [5.74, 6) is 0. The van der Waals surface area contributed by atoms with Crippen LogP contribution in [-0.4, -0.2) is 53.5 Å². The Morgan fingerprint density at radius 1 is 1.50 bits per heavy atom. The summed E-state index contributed by atoms with van der Waals surface area (Å²) < 4.78 is 75.1. The van der Waals surface area contributed by atoms with Gasteiger partial charge in [0.25, 0.3) is 5.56 Å². The average molecular weight is 372 g/mol. The molecule has 1 N–H and O–H groups in total. The van der Waals surface area contributed by atoms with Gasteiger partial charge in [0.15, 0.2) is 5.60 Å². The molecular formula is C11H11F3N2O7S. The van der Waals surface area contributed by atoms with Crippen LogP contribution >= 0.6 is 0 Å². The minimum atomic E-state index is -5.86. The fourth-order valence-corrected chi connectivity index (χ4v) is 2.92. The Kier molecular flexibility index (Phi) is 3.86. The Labute approximate surface area is 132 Å². The molecule has 3 heterocycles. The van der Waals surface area contributed by atoms with Crippen molar-refractivity contribution in [3.8, 4) is 6.01 Å². The maximum atomic E-state index is 12.4. The van der Waals surface area contributed by atoms with Crippen molar-refractivity contribution in [2.24, 2.45) is 0 Å². The van der Waals surface area contributed by atoms with Gasteiger partial charge in [0, 0.05) is 18.7 Å². The molecule has 0 aliphatic carbocycles. The molecule has 0 saturated carbocycles. The van der Waals surface area contributed by atoms with E-state index in [1.54, 1.807) is 0 Å². The second-order valence-electron chi connectivity index (χ2n) is 5.30. The molecule has 134 valence electrons. The second kappa shape index (κ2) is 5.40. The van der Waals surface area contributed by atoms with Crippen LogP contribution in [0.3, 0.4) is 0 Å². The van der Waals surface area contributed by atoms with Gasteiger partial charge in [-0.2, -0.15) is 26.6 Å². The normalized spacial score (nSPS) is 29.7. The molecule has 2 aliphatic rings. The second-order valence-corrected chi connectivity index (χ2v) is 6.90. The van der Waals surface area contributed by atoms with Crippen LogP contribution in [0.15, 0.2) is 17.1 Å². The molecule has 0 aromatic carbocycles. The highest BCUT2D eigenvalue weighted by Crippen LogP contribution is 2.41. The summed E-state index contributed by atoms with van der Waals surface area (Å²) in [5.41, 5.74) is -8.06. The molecule has 13 heteroatoms. The predicted molar refractivity (Wildman–Crippen MR) is 68.4 cm³/mol. The highest BCUT2D eigenvalue weighted by Gasteiger charge is 2.55. The third-order valence-corrected chi connectivity index (χ3v) is 4.70. The van der Waals surface area contributed by atoms with Crippen molar-refractivity contribution in [1.82, 2.24) is 9.55 Å². The van der Waals surface area contributed by atoms with E-state index < -0.39 is 52.3 Å². The van der Waals surface area contributed by atoms with Gasteiger partial charge in [-0.1, -0.05) is 0 Å². The van der Waals surface area contributed by atoms with E-state index in [-0.39, 0.29) is 12.4 Å². The molecule has 0 spiro atoms. The van der Waals surface area contributed by atoms with E-state index in [1.807, 2.05) is 0 Å². The molecule has 3 atom stereocenters. The van der Waals surface area contributed by atoms with Crippen LogP contribution in [0.1, 0.15) is 12.6 Å². The van der Waals surface area contributed by atoms with Gasteiger partial charge in [0.1, 0.15) is 19.4 Å². The third kappa shape index (κ3) is 2.76. The summed E-state index contributed by atoms with van der Waals surface area (Å²) in [6.07, 6.45) is -1.03. The number of aliphatic hydroxyl groups excluding tert-OH is 1. The minimum absolute atomic E-state index is 0.0731. The molecule has 2 aliphatic heterocycles. The molecule has 1 fully saturated rings. The molecule has 1 aromatic heterocycles. The van der Waals surface area contributed by atoms with Gasteiger partial charge in [-0.3, -0.25) is 13.5 Å². The SMILES string of the molecule is O=c1ccn2c(n1)OC[C@@]1(COS(=O)(=O)C(F)(F)F)O[C@@H]2C[C@@H]1O. The Bertz CT molecular complexity index is 809. The lowest BCUT2D eigenvalue weighted by Crippen LogP contribution is -2.50. The van der Waals surface area contributed by atoms with Gasteiger partial charge in [-0.25, -0.2) is 0 Å². The minimum Gasteiger partial charge on any atom is -0.461 e. The standard InChI is InChI=1S/C11H11F3N2O7S/c12-11(13,14)24(19,20)22-5-10-4-21-9-15-7(18)1-2-16(9)8(23-10)3-6(10)17/h1-2,6,8,17H,3-5H2/t6-,8+,10-/m0/s1. The first-order chi connectivity index (χ1) is 11.0. The van der Waals surface area contributed by atoms with Gasteiger partial charge >= 0.3 is 21.6 Å². The predicted octanol–water partition coefficient (Wildman–Crippen LogP) is -0.479. The molecule has 2 bridgehead atoms. The lowest BCUT2D eigenvalue weighted by atomic mass is 9.98. The smallest absolute Gasteiger partial charge is 0.461 e. The molecule has 0 unspecified atom stereocenters. The fourth-order valence-electron chi connectivity index (χ4n) is 2.43. The number of aromatic nitrogens is 2. The van der Waals surface area contributed by atoms with Crippen molar-refractivity contribution >= 4 is 10.1 Å². The molecular weight excluding hydrogens is 361 g/mol. The number of rotatable bonds is 3. The van der Waals surface area contributed by atoms with Gasteiger partial charge < -0.3 is 14.6 Å². The quantitative estimate of drug-likeness (QED) is 0.559. The van der Waals surface area contributed by atoms with Gasteiger partial charge in [-0.05, 0) is 0 Å². The number of nitrogens with zero attached hydrogens (tertiary/aromatic N) is 2. The van der Waals surface area contributed by atoms with E-state index in [9.17, 15) is 31.5 Å². The van der Waals surface area contributed by atoms with Crippen molar-refractivity contribution < 1.29 is 40.4 Å². The summed E-state index contributed by atoms with van der Waals surface area (Å²) in [7, 11) is -5.86. The van der Waals surface area contributed by atoms with E-state index in [0.29, 0.717) is 0 Å². The summed E-state index contributed by atoms with van der Waals surface area (Å²) >= 11 is 0. The van der Waals surface area contributed by atoms with Crippen LogP contribution < -0.4 is 10.3 Å². The van der Waals surface area contributed by atoms with E-state index in [1.165, 1.54) is 10.8 Å². The molecule has 0 amide bonds. The Morgan fingerprint density at radius 2 is 2.21 bits per heavy atom. The van der Waals surface area contributed by atoms with E-state index in [4.69, 9.17) is 9.47 Å². The average Bonchev–Trinajstić information content (AvgIpc) is 2.70. The molecule has 0 radical (unpaired) electrons.